The number of sulfonamides is 1. The molecule has 1 N–H and O–H groups in total. The van der Waals surface area contributed by atoms with E-state index in [2.05, 4.69) is 10.3 Å². The Labute approximate surface area is 128 Å². The summed E-state index contributed by atoms with van der Waals surface area (Å²) < 4.78 is 27.3. The average Bonchev–Trinajstić information content (AvgIpc) is 2.95. The van der Waals surface area contributed by atoms with Crippen LogP contribution in [0, 0.1) is 0 Å². The van der Waals surface area contributed by atoms with E-state index in [0.717, 1.165) is 12.0 Å². The summed E-state index contributed by atoms with van der Waals surface area (Å²) in [6.07, 6.45) is 3.81. The fraction of sp³-hybridized carbons (Fsp3) is 0.357. The lowest BCUT2D eigenvalue weighted by Gasteiger charge is -2.27. The minimum atomic E-state index is -3.52. The van der Waals surface area contributed by atoms with E-state index in [-0.39, 0.29) is 4.90 Å². The highest BCUT2D eigenvalue weighted by Gasteiger charge is 2.30. The van der Waals surface area contributed by atoms with Crippen molar-refractivity contribution in [1.82, 2.24) is 9.29 Å². The minimum Gasteiger partial charge on any atom is -0.384 e. The van der Waals surface area contributed by atoms with Crippen molar-refractivity contribution in [2.75, 3.05) is 18.4 Å². The van der Waals surface area contributed by atoms with Gasteiger partial charge < -0.3 is 5.32 Å². The fourth-order valence-corrected chi connectivity index (χ4v) is 4.91. The van der Waals surface area contributed by atoms with Crippen LogP contribution in [0.2, 0.25) is 0 Å². The normalized spacial score (nSPS) is 15.7. The van der Waals surface area contributed by atoms with Gasteiger partial charge in [0.1, 0.15) is 4.90 Å². The van der Waals surface area contributed by atoms with Crippen molar-refractivity contribution in [3.05, 3.63) is 40.3 Å². The molecular formula is C14H17N3O2S2. The zero-order valence-electron chi connectivity index (χ0n) is 11.7. The van der Waals surface area contributed by atoms with Crippen molar-refractivity contribution in [2.24, 2.45) is 0 Å². The van der Waals surface area contributed by atoms with Gasteiger partial charge in [-0.05, 0) is 36.4 Å². The molecule has 1 aliphatic rings. The lowest BCUT2D eigenvalue weighted by Crippen LogP contribution is -2.35. The van der Waals surface area contributed by atoms with Gasteiger partial charge in [0.05, 0.1) is 5.69 Å². The van der Waals surface area contributed by atoms with Gasteiger partial charge in [0.15, 0.2) is 0 Å². The van der Waals surface area contributed by atoms with E-state index >= 15 is 0 Å². The molecule has 0 saturated heterocycles. The molecule has 0 spiro atoms. The largest absolute Gasteiger partial charge is 0.384 e. The lowest BCUT2D eigenvalue weighted by molar-refractivity contribution is 0.394. The summed E-state index contributed by atoms with van der Waals surface area (Å²) >= 11 is 1.70. The Hall–Kier alpha value is -1.44. The number of anilines is 1. The lowest BCUT2D eigenvalue weighted by atomic mass is 10.1. The summed E-state index contributed by atoms with van der Waals surface area (Å²) in [5.41, 5.74) is 1.73. The van der Waals surface area contributed by atoms with Crippen LogP contribution in [0.1, 0.15) is 17.4 Å². The summed E-state index contributed by atoms with van der Waals surface area (Å²) in [5.74, 6) is 0. The first-order valence-electron chi connectivity index (χ1n) is 6.86. The van der Waals surface area contributed by atoms with Gasteiger partial charge in [0.2, 0.25) is 10.0 Å². The molecule has 5 nitrogen and oxygen atoms in total. The van der Waals surface area contributed by atoms with Crippen molar-refractivity contribution in [1.29, 1.82) is 0 Å². The molecule has 21 heavy (non-hydrogen) atoms. The van der Waals surface area contributed by atoms with Crippen LogP contribution in [0.4, 0.5) is 5.69 Å². The number of rotatable bonds is 4. The molecule has 0 atom stereocenters. The van der Waals surface area contributed by atoms with Gasteiger partial charge in [-0.25, -0.2) is 8.42 Å². The maximum atomic E-state index is 12.9. The fourth-order valence-electron chi connectivity index (χ4n) is 2.49. The van der Waals surface area contributed by atoms with E-state index < -0.39 is 10.0 Å². The monoisotopic (exact) mass is 323 g/mol. The van der Waals surface area contributed by atoms with Crippen molar-refractivity contribution in [3.8, 4) is 0 Å². The van der Waals surface area contributed by atoms with Gasteiger partial charge in [-0.2, -0.15) is 4.31 Å². The molecule has 0 radical (unpaired) electrons. The van der Waals surface area contributed by atoms with Gasteiger partial charge in [-0.3, -0.25) is 4.98 Å². The number of hydrogen-bond acceptors (Lipinski definition) is 5. The van der Waals surface area contributed by atoms with E-state index in [4.69, 9.17) is 0 Å². The van der Waals surface area contributed by atoms with Crippen LogP contribution >= 0.6 is 11.3 Å². The molecule has 0 saturated carbocycles. The Morgan fingerprint density at radius 1 is 1.43 bits per heavy atom. The van der Waals surface area contributed by atoms with Crippen LogP contribution in [0.3, 0.4) is 0 Å². The standard InChI is InChI=1S/C14H17N3O2S2/c1-2-16-12-3-6-15-9-14(12)21(18,19)17-7-4-13-11(10-17)5-8-20-13/h3,5-6,8-9H,2,4,7,10H2,1H3,(H,15,16). The summed E-state index contributed by atoms with van der Waals surface area (Å²) in [5, 5.41) is 5.11. The number of aromatic nitrogens is 1. The van der Waals surface area contributed by atoms with E-state index in [1.54, 1.807) is 27.9 Å². The Balaban J connectivity index is 1.95. The molecule has 2 aromatic rings. The molecule has 0 amide bonds. The SMILES string of the molecule is CCNc1ccncc1S(=O)(=O)N1CCc2sccc2C1. The van der Waals surface area contributed by atoms with Crippen molar-refractivity contribution >= 4 is 27.0 Å². The Bertz CT molecular complexity index is 740. The third kappa shape index (κ3) is 2.68. The first-order valence-corrected chi connectivity index (χ1v) is 9.18. The number of nitrogens with zero attached hydrogens (tertiary/aromatic N) is 2. The summed E-state index contributed by atoms with van der Waals surface area (Å²) in [6, 6.07) is 3.71. The van der Waals surface area contributed by atoms with E-state index in [1.807, 2.05) is 18.4 Å². The molecule has 0 aliphatic carbocycles. The maximum absolute atomic E-state index is 12.9. The number of fused-ring (bicyclic) bond motifs is 1. The molecule has 0 fully saturated rings. The van der Waals surface area contributed by atoms with Crippen LogP contribution in [0.5, 0.6) is 0 Å². The molecule has 0 aromatic carbocycles. The third-order valence-electron chi connectivity index (χ3n) is 3.54. The van der Waals surface area contributed by atoms with Gasteiger partial charge in [0, 0.05) is 36.9 Å². The highest BCUT2D eigenvalue weighted by Crippen LogP contribution is 2.30. The second-order valence-corrected chi connectivity index (χ2v) is 7.77. The Kier molecular flexibility index (Phi) is 3.97. The van der Waals surface area contributed by atoms with E-state index in [1.165, 1.54) is 11.1 Å². The van der Waals surface area contributed by atoms with Gasteiger partial charge >= 0.3 is 0 Å². The zero-order chi connectivity index (χ0) is 14.9. The highest BCUT2D eigenvalue weighted by molar-refractivity contribution is 7.89. The predicted octanol–water partition coefficient (Wildman–Crippen LogP) is 2.32. The van der Waals surface area contributed by atoms with Crippen LogP contribution in [0.15, 0.2) is 34.8 Å². The second kappa shape index (κ2) is 5.75. The molecular weight excluding hydrogens is 306 g/mol. The third-order valence-corrected chi connectivity index (χ3v) is 6.44. The number of pyridine rings is 1. The van der Waals surface area contributed by atoms with Crippen LogP contribution in [0.25, 0.3) is 0 Å². The molecule has 0 unspecified atom stereocenters. The first kappa shape index (κ1) is 14.5. The van der Waals surface area contributed by atoms with Crippen molar-refractivity contribution in [2.45, 2.75) is 24.8 Å². The van der Waals surface area contributed by atoms with E-state index in [9.17, 15) is 8.42 Å². The van der Waals surface area contributed by atoms with Gasteiger partial charge in [-0.15, -0.1) is 11.3 Å². The topological polar surface area (TPSA) is 62.3 Å². The average molecular weight is 323 g/mol. The van der Waals surface area contributed by atoms with Crippen LogP contribution in [-0.4, -0.2) is 30.8 Å². The predicted molar refractivity (Wildman–Crippen MR) is 84.0 cm³/mol. The molecule has 2 aromatic heterocycles. The molecule has 1 aliphatic heterocycles. The minimum absolute atomic E-state index is 0.255. The summed E-state index contributed by atoms with van der Waals surface area (Å²) in [4.78, 5) is 5.53. The summed E-state index contributed by atoms with van der Waals surface area (Å²) in [7, 11) is -3.52. The van der Waals surface area contributed by atoms with Crippen molar-refractivity contribution < 1.29 is 8.42 Å². The Morgan fingerprint density at radius 3 is 3.10 bits per heavy atom. The quantitative estimate of drug-likeness (QED) is 0.938. The van der Waals surface area contributed by atoms with Crippen LogP contribution in [-0.2, 0) is 23.0 Å². The number of thiophene rings is 1. The maximum Gasteiger partial charge on any atom is 0.246 e. The highest BCUT2D eigenvalue weighted by atomic mass is 32.2. The molecule has 0 bridgehead atoms. The van der Waals surface area contributed by atoms with Crippen LogP contribution < -0.4 is 5.32 Å². The van der Waals surface area contributed by atoms with Gasteiger partial charge in [0.25, 0.3) is 0 Å². The number of nitrogens with one attached hydrogen (secondary N) is 1. The first-order chi connectivity index (χ1) is 10.1. The number of hydrogen-bond donors (Lipinski definition) is 1. The van der Waals surface area contributed by atoms with E-state index in [0.29, 0.717) is 25.3 Å². The van der Waals surface area contributed by atoms with Gasteiger partial charge in [-0.1, -0.05) is 0 Å². The molecule has 3 heterocycles. The Morgan fingerprint density at radius 2 is 2.29 bits per heavy atom. The second-order valence-electron chi connectivity index (χ2n) is 4.86. The van der Waals surface area contributed by atoms with Crippen molar-refractivity contribution in [3.63, 3.8) is 0 Å². The zero-order valence-corrected chi connectivity index (χ0v) is 13.4. The molecule has 3 rings (SSSR count). The molecule has 7 heteroatoms. The smallest absolute Gasteiger partial charge is 0.246 e. The summed E-state index contributed by atoms with van der Waals surface area (Å²) in [6.45, 7) is 3.58. The molecule has 112 valence electrons.